The second-order valence-electron chi connectivity index (χ2n) is 4.75. The number of pyridine rings is 1. The van der Waals surface area contributed by atoms with Gasteiger partial charge in [0.05, 0.1) is 12.8 Å². The Kier molecular flexibility index (Phi) is 4.17. The number of para-hydroxylation sites is 1. The van der Waals surface area contributed by atoms with Gasteiger partial charge < -0.3 is 9.84 Å². The SMILES string of the molecule is COc1ccccc1CC(O)c1ncc(C)cc1C. The van der Waals surface area contributed by atoms with Crippen LogP contribution in [-0.4, -0.2) is 17.2 Å². The zero-order valence-electron chi connectivity index (χ0n) is 11.6. The van der Waals surface area contributed by atoms with Gasteiger partial charge in [-0.2, -0.15) is 0 Å². The number of nitrogens with zero attached hydrogens (tertiary/aromatic N) is 1. The van der Waals surface area contributed by atoms with Crippen LogP contribution in [0.5, 0.6) is 5.75 Å². The first kappa shape index (κ1) is 13.6. The number of aliphatic hydroxyl groups excluding tert-OH is 1. The van der Waals surface area contributed by atoms with Gasteiger partial charge in [0.2, 0.25) is 0 Å². The first-order valence-electron chi connectivity index (χ1n) is 6.35. The Labute approximate surface area is 113 Å². The van der Waals surface area contributed by atoms with E-state index >= 15 is 0 Å². The molecule has 100 valence electrons. The lowest BCUT2D eigenvalue weighted by Gasteiger charge is -2.15. The predicted molar refractivity (Wildman–Crippen MR) is 75.4 cm³/mol. The van der Waals surface area contributed by atoms with Gasteiger partial charge in [0.15, 0.2) is 0 Å². The van der Waals surface area contributed by atoms with Crippen molar-refractivity contribution >= 4 is 0 Å². The summed E-state index contributed by atoms with van der Waals surface area (Å²) in [6.45, 7) is 3.97. The van der Waals surface area contributed by atoms with Crippen molar-refractivity contribution in [3.63, 3.8) is 0 Å². The normalized spacial score (nSPS) is 12.2. The number of aromatic nitrogens is 1. The van der Waals surface area contributed by atoms with E-state index in [-0.39, 0.29) is 0 Å². The highest BCUT2D eigenvalue weighted by Crippen LogP contribution is 2.25. The summed E-state index contributed by atoms with van der Waals surface area (Å²) in [7, 11) is 1.64. The van der Waals surface area contributed by atoms with Gasteiger partial charge in [-0.1, -0.05) is 24.3 Å². The number of benzene rings is 1. The molecule has 0 bridgehead atoms. The summed E-state index contributed by atoms with van der Waals surface area (Å²) >= 11 is 0. The maximum Gasteiger partial charge on any atom is 0.122 e. The lowest BCUT2D eigenvalue weighted by Crippen LogP contribution is -2.07. The molecule has 0 aliphatic carbocycles. The van der Waals surface area contributed by atoms with Crippen molar-refractivity contribution in [3.05, 3.63) is 58.9 Å². The second-order valence-corrected chi connectivity index (χ2v) is 4.75. The second kappa shape index (κ2) is 5.85. The van der Waals surface area contributed by atoms with Crippen molar-refractivity contribution in [1.82, 2.24) is 4.98 Å². The number of rotatable bonds is 4. The summed E-state index contributed by atoms with van der Waals surface area (Å²) in [5.74, 6) is 0.798. The molecule has 2 rings (SSSR count). The van der Waals surface area contributed by atoms with Gasteiger partial charge >= 0.3 is 0 Å². The van der Waals surface area contributed by atoms with Crippen LogP contribution in [0.3, 0.4) is 0 Å². The lowest BCUT2D eigenvalue weighted by atomic mass is 10.0. The highest BCUT2D eigenvalue weighted by Gasteiger charge is 2.15. The molecule has 3 heteroatoms. The van der Waals surface area contributed by atoms with Gasteiger partial charge in [-0.3, -0.25) is 4.98 Å². The summed E-state index contributed by atoms with van der Waals surface area (Å²) in [4.78, 5) is 4.34. The molecule has 0 aliphatic heterocycles. The molecule has 2 aromatic rings. The zero-order valence-corrected chi connectivity index (χ0v) is 11.6. The largest absolute Gasteiger partial charge is 0.496 e. The summed E-state index contributed by atoms with van der Waals surface area (Å²) in [5, 5.41) is 10.3. The molecule has 0 amide bonds. The molecular formula is C16H19NO2. The van der Waals surface area contributed by atoms with Crippen LogP contribution in [0.4, 0.5) is 0 Å². The number of aryl methyl sites for hydroxylation is 2. The summed E-state index contributed by atoms with van der Waals surface area (Å²) in [6.07, 6.45) is 1.67. The third kappa shape index (κ3) is 3.12. The first-order valence-corrected chi connectivity index (χ1v) is 6.35. The molecule has 1 unspecified atom stereocenters. The van der Waals surface area contributed by atoms with Gasteiger partial charge in [0.1, 0.15) is 11.9 Å². The molecule has 1 atom stereocenters. The number of methoxy groups -OCH3 is 1. The molecule has 0 aliphatic rings. The summed E-state index contributed by atoms with van der Waals surface area (Å²) in [6, 6.07) is 9.76. The van der Waals surface area contributed by atoms with Crippen molar-refractivity contribution in [2.45, 2.75) is 26.4 Å². The molecule has 1 aromatic carbocycles. The van der Waals surface area contributed by atoms with Crippen LogP contribution >= 0.6 is 0 Å². The smallest absolute Gasteiger partial charge is 0.122 e. The van der Waals surface area contributed by atoms with Crippen LogP contribution in [0.15, 0.2) is 36.5 Å². The van der Waals surface area contributed by atoms with E-state index in [0.29, 0.717) is 6.42 Å². The third-order valence-corrected chi connectivity index (χ3v) is 3.18. The fraction of sp³-hybridized carbons (Fsp3) is 0.312. The molecule has 0 saturated heterocycles. The minimum absolute atomic E-state index is 0.501. The molecule has 1 heterocycles. The van der Waals surface area contributed by atoms with E-state index in [1.54, 1.807) is 13.3 Å². The van der Waals surface area contributed by atoms with E-state index < -0.39 is 6.10 Å². The van der Waals surface area contributed by atoms with Crippen molar-refractivity contribution in [3.8, 4) is 5.75 Å². The predicted octanol–water partition coefficient (Wildman–Crippen LogP) is 2.98. The quantitative estimate of drug-likeness (QED) is 0.915. The number of aliphatic hydroxyl groups is 1. The van der Waals surface area contributed by atoms with Gasteiger partial charge in [0.25, 0.3) is 0 Å². The van der Waals surface area contributed by atoms with Gasteiger partial charge in [-0.25, -0.2) is 0 Å². The molecular weight excluding hydrogens is 238 g/mol. The van der Waals surface area contributed by atoms with Crippen molar-refractivity contribution in [2.75, 3.05) is 7.11 Å². The van der Waals surface area contributed by atoms with Crippen molar-refractivity contribution < 1.29 is 9.84 Å². The van der Waals surface area contributed by atoms with E-state index in [0.717, 1.165) is 28.1 Å². The monoisotopic (exact) mass is 257 g/mol. The fourth-order valence-electron chi connectivity index (χ4n) is 2.25. The third-order valence-electron chi connectivity index (χ3n) is 3.18. The average molecular weight is 257 g/mol. The Balaban J connectivity index is 2.23. The van der Waals surface area contributed by atoms with Crippen LogP contribution in [0, 0.1) is 13.8 Å². The molecule has 0 saturated carbocycles. The maximum absolute atomic E-state index is 10.3. The van der Waals surface area contributed by atoms with Crippen molar-refractivity contribution in [2.24, 2.45) is 0 Å². The number of hydrogen-bond acceptors (Lipinski definition) is 3. The van der Waals surface area contributed by atoms with E-state index in [9.17, 15) is 5.11 Å². The van der Waals surface area contributed by atoms with Gasteiger partial charge in [0, 0.05) is 12.6 Å². The minimum Gasteiger partial charge on any atom is -0.496 e. The molecule has 0 spiro atoms. The fourth-order valence-corrected chi connectivity index (χ4v) is 2.25. The van der Waals surface area contributed by atoms with E-state index in [1.807, 2.05) is 44.2 Å². The first-order chi connectivity index (χ1) is 9.11. The van der Waals surface area contributed by atoms with Crippen LogP contribution in [0.25, 0.3) is 0 Å². The Hall–Kier alpha value is -1.87. The number of ether oxygens (including phenoxy) is 1. The van der Waals surface area contributed by atoms with Gasteiger partial charge in [-0.05, 0) is 36.6 Å². The van der Waals surface area contributed by atoms with E-state index in [2.05, 4.69) is 4.98 Å². The maximum atomic E-state index is 10.3. The Morgan fingerprint density at radius 3 is 2.68 bits per heavy atom. The minimum atomic E-state index is -0.614. The van der Waals surface area contributed by atoms with Crippen molar-refractivity contribution in [1.29, 1.82) is 0 Å². The summed E-state index contributed by atoms with van der Waals surface area (Å²) < 4.78 is 5.30. The molecule has 3 nitrogen and oxygen atoms in total. The molecule has 1 aromatic heterocycles. The average Bonchev–Trinajstić information content (AvgIpc) is 2.39. The highest BCUT2D eigenvalue weighted by molar-refractivity contribution is 5.35. The molecule has 0 radical (unpaired) electrons. The van der Waals surface area contributed by atoms with E-state index in [1.165, 1.54) is 0 Å². The number of hydrogen-bond donors (Lipinski definition) is 1. The Morgan fingerprint density at radius 2 is 2.00 bits per heavy atom. The van der Waals surface area contributed by atoms with Crippen LogP contribution in [-0.2, 0) is 6.42 Å². The summed E-state index contributed by atoms with van der Waals surface area (Å²) in [5.41, 5.74) is 3.84. The Morgan fingerprint density at radius 1 is 1.26 bits per heavy atom. The van der Waals surface area contributed by atoms with Crippen LogP contribution in [0.1, 0.15) is 28.5 Å². The molecule has 19 heavy (non-hydrogen) atoms. The Bertz CT molecular complexity index is 566. The van der Waals surface area contributed by atoms with Crippen LogP contribution in [0.2, 0.25) is 0 Å². The van der Waals surface area contributed by atoms with Gasteiger partial charge in [-0.15, -0.1) is 0 Å². The molecule has 0 fully saturated rings. The highest BCUT2D eigenvalue weighted by atomic mass is 16.5. The zero-order chi connectivity index (χ0) is 13.8. The standard InChI is InChI=1S/C16H19NO2/c1-11-8-12(2)16(17-10-11)14(18)9-13-6-4-5-7-15(13)19-3/h4-8,10,14,18H,9H2,1-3H3. The van der Waals surface area contributed by atoms with Crippen LogP contribution < -0.4 is 4.74 Å². The molecule has 1 N–H and O–H groups in total. The lowest BCUT2D eigenvalue weighted by molar-refractivity contribution is 0.171. The topological polar surface area (TPSA) is 42.4 Å². The van der Waals surface area contributed by atoms with E-state index in [4.69, 9.17) is 4.74 Å².